The van der Waals surface area contributed by atoms with Crippen LogP contribution in [0.3, 0.4) is 0 Å². The zero-order valence-corrected chi connectivity index (χ0v) is 21.1. The standard InChI is InChI=1S/C31H27NO3S/c1-20-15-16-21(2)30(36-29-14-8-3-9-22(29)18-33)27(20)17-32-31(34)35-19-28-25-12-6-4-10-23(25)24-11-5-7-13-26(24)28/h3-16,18,28H,17,19H2,1-2H3,(H,32,34). The van der Waals surface area contributed by atoms with Gasteiger partial charge in [-0.25, -0.2) is 4.79 Å². The SMILES string of the molecule is Cc1ccc(C)c(Sc2ccccc2C=O)c1CNC(=O)OCC1c2ccccc2-c2ccccc21. The highest BCUT2D eigenvalue weighted by Gasteiger charge is 2.29. The van der Waals surface area contributed by atoms with E-state index in [0.717, 1.165) is 32.8 Å². The Morgan fingerprint density at radius 2 is 1.47 bits per heavy atom. The lowest BCUT2D eigenvalue weighted by Gasteiger charge is -2.18. The van der Waals surface area contributed by atoms with Crippen LogP contribution in [0.2, 0.25) is 0 Å². The number of hydrogen-bond donors (Lipinski definition) is 1. The van der Waals surface area contributed by atoms with Gasteiger partial charge in [0.05, 0.1) is 0 Å². The Labute approximate surface area is 215 Å². The zero-order valence-electron chi connectivity index (χ0n) is 20.3. The van der Waals surface area contributed by atoms with Crippen molar-refractivity contribution in [3.8, 4) is 11.1 Å². The maximum Gasteiger partial charge on any atom is 0.407 e. The number of aldehydes is 1. The lowest BCUT2D eigenvalue weighted by atomic mass is 9.98. The van der Waals surface area contributed by atoms with Crippen molar-refractivity contribution in [1.82, 2.24) is 5.32 Å². The van der Waals surface area contributed by atoms with E-state index < -0.39 is 6.09 Å². The number of hydrogen-bond acceptors (Lipinski definition) is 4. The van der Waals surface area contributed by atoms with Crippen molar-refractivity contribution in [3.63, 3.8) is 0 Å². The number of carbonyl (C=O) groups excluding carboxylic acids is 2. The van der Waals surface area contributed by atoms with Crippen molar-refractivity contribution in [1.29, 1.82) is 0 Å². The van der Waals surface area contributed by atoms with Crippen molar-refractivity contribution >= 4 is 24.1 Å². The number of fused-ring (bicyclic) bond motifs is 3. The third kappa shape index (κ3) is 4.67. The number of amides is 1. The molecule has 0 fully saturated rings. The summed E-state index contributed by atoms with van der Waals surface area (Å²) in [5.74, 6) is 0.0230. The summed E-state index contributed by atoms with van der Waals surface area (Å²) in [7, 11) is 0. The van der Waals surface area contributed by atoms with Gasteiger partial charge in [-0.05, 0) is 58.9 Å². The second kappa shape index (κ2) is 10.4. The van der Waals surface area contributed by atoms with Gasteiger partial charge in [0.2, 0.25) is 0 Å². The van der Waals surface area contributed by atoms with E-state index in [-0.39, 0.29) is 12.5 Å². The van der Waals surface area contributed by atoms with E-state index in [0.29, 0.717) is 12.1 Å². The molecule has 0 saturated carbocycles. The number of nitrogens with one attached hydrogen (secondary N) is 1. The van der Waals surface area contributed by atoms with E-state index in [1.165, 1.54) is 22.3 Å². The van der Waals surface area contributed by atoms with Gasteiger partial charge < -0.3 is 10.1 Å². The first kappa shape index (κ1) is 23.9. The number of rotatable bonds is 7. The quantitative estimate of drug-likeness (QED) is 0.274. The monoisotopic (exact) mass is 493 g/mol. The Kier molecular flexibility index (Phi) is 6.92. The Morgan fingerprint density at radius 3 is 2.17 bits per heavy atom. The number of aryl methyl sites for hydroxylation is 2. The highest BCUT2D eigenvalue weighted by atomic mass is 32.2. The number of benzene rings is 4. The maximum absolute atomic E-state index is 12.8. The number of alkyl carbamates (subject to hydrolysis) is 1. The number of ether oxygens (including phenoxy) is 1. The first-order valence-electron chi connectivity index (χ1n) is 12.0. The van der Waals surface area contributed by atoms with Crippen LogP contribution in [0.15, 0.2) is 94.7 Å². The summed E-state index contributed by atoms with van der Waals surface area (Å²) in [5.41, 5.74) is 8.63. The van der Waals surface area contributed by atoms with Gasteiger partial charge in [0.15, 0.2) is 6.29 Å². The second-order valence-electron chi connectivity index (χ2n) is 8.94. The highest BCUT2D eigenvalue weighted by Crippen LogP contribution is 2.44. The fourth-order valence-electron chi connectivity index (χ4n) is 4.80. The molecule has 1 aliphatic carbocycles. The molecule has 36 heavy (non-hydrogen) atoms. The Bertz CT molecular complexity index is 1400. The van der Waals surface area contributed by atoms with Gasteiger partial charge in [0.25, 0.3) is 0 Å². The molecule has 1 amide bonds. The molecule has 4 aromatic carbocycles. The predicted octanol–water partition coefficient (Wildman–Crippen LogP) is 7.31. The summed E-state index contributed by atoms with van der Waals surface area (Å²) in [6.45, 7) is 4.70. The van der Waals surface area contributed by atoms with Gasteiger partial charge in [0, 0.05) is 27.8 Å². The molecule has 0 saturated heterocycles. The Morgan fingerprint density at radius 1 is 0.861 bits per heavy atom. The molecular weight excluding hydrogens is 466 g/mol. The molecule has 0 aliphatic heterocycles. The van der Waals surface area contributed by atoms with Gasteiger partial charge in [-0.1, -0.05) is 90.6 Å². The average molecular weight is 494 g/mol. The molecule has 4 aromatic rings. The van der Waals surface area contributed by atoms with Crippen LogP contribution < -0.4 is 5.32 Å². The van der Waals surface area contributed by atoms with Crippen molar-refractivity contribution in [3.05, 3.63) is 118 Å². The summed E-state index contributed by atoms with van der Waals surface area (Å²) in [4.78, 5) is 26.2. The minimum absolute atomic E-state index is 0.0230. The molecule has 0 unspecified atom stereocenters. The molecule has 180 valence electrons. The molecule has 5 rings (SSSR count). The van der Waals surface area contributed by atoms with Gasteiger partial charge in [-0.15, -0.1) is 0 Å². The maximum atomic E-state index is 12.8. The van der Waals surface area contributed by atoms with Gasteiger partial charge >= 0.3 is 6.09 Å². The second-order valence-corrected chi connectivity index (χ2v) is 10.00. The van der Waals surface area contributed by atoms with Gasteiger partial charge in [-0.3, -0.25) is 4.79 Å². The fourth-order valence-corrected chi connectivity index (χ4v) is 5.98. The van der Waals surface area contributed by atoms with E-state index >= 15 is 0 Å². The van der Waals surface area contributed by atoms with E-state index in [9.17, 15) is 9.59 Å². The Hall–Kier alpha value is -3.83. The minimum Gasteiger partial charge on any atom is -0.449 e. The first-order valence-corrected chi connectivity index (χ1v) is 12.8. The third-order valence-corrected chi connectivity index (χ3v) is 8.07. The van der Waals surface area contributed by atoms with Crippen LogP contribution in [0.5, 0.6) is 0 Å². The fraction of sp³-hybridized carbons (Fsp3) is 0.161. The summed E-state index contributed by atoms with van der Waals surface area (Å²) in [6.07, 6.45) is 0.434. The topological polar surface area (TPSA) is 55.4 Å². The lowest BCUT2D eigenvalue weighted by molar-refractivity contribution is 0.112. The highest BCUT2D eigenvalue weighted by molar-refractivity contribution is 7.99. The number of carbonyl (C=O) groups is 2. The summed E-state index contributed by atoms with van der Waals surface area (Å²) < 4.78 is 5.72. The van der Waals surface area contributed by atoms with Crippen molar-refractivity contribution in [2.45, 2.75) is 36.1 Å². The van der Waals surface area contributed by atoms with Crippen LogP contribution in [0, 0.1) is 13.8 Å². The first-order chi connectivity index (χ1) is 17.6. The lowest BCUT2D eigenvalue weighted by Crippen LogP contribution is -2.26. The molecule has 0 heterocycles. The minimum atomic E-state index is -0.443. The van der Waals surface area contributed by atoms with E-state index in [4.69, 9.17) is 4.74 Å². The molecule has 0 bridgehead atoms. The molecule has 1 N–H and O–H groups in total. The predicted molar refractivity (Wildman–Crippen MR) is 144 cm³/mol. The molecule has 1 aliphatic rings. The van der Waals surface area contributed by atoms with Crippen LogP contribution in [0.4, 0.5) is 4.79 Å². The van der Waals surface area contributed by atoms with Crippen LogP contribution >= 0.6 is 11.8 Å². The van der Waals surface area contributed by atoms with E-state index in [2.05, 4.69) is 41.7 Å². The molecule has 0 spiro atoms. The van der Waals surface area contributed by atoms with Crippen LogP contribution in [-0.2, 0) is 11.3 Å². The van der Waals surface area contributed by atoms with Crippen LogP contribution in [0.1, 0.15) is 44.1 Å². The summed E-state index contributed by atoms with van der Waals surface area (Å²) >= 11 is 1.55. The summed E-state index contributed by atoms with van der Waals surface area (Å²) in [5, 5.41) is 2.95. The van der Waals surface area contributed by atoms with Crippen molar-refractivity contribution < 1.29 is 14.3 Å². The van der Waals surface area contributed by atoms with Crippen molar-refractivity contribution in [2.24, 2.45) is 0 Å². The molecule has 0 radical (unpaired) electrons. The summed E-state index contributed by atoms with van der Waals surface area (Å²) in [6, 6.07) is 28.3. The molecular formula is C31H27NO3S. The Balaban J connectivity index is 1.29. The van der Waals surface area contributed by atoms with E-state index in [1.807, 2.05) is 62.4 Å². The van der Waals surface area contributed by atoms with Crippen LogP contribution in [0.25, 0.3) is 11.1 Å². The van der Waals surface area contributed by atoms with E-state index in [1.54, 1.807) is 11.8 Å². The van der Waals surface area contributed by atoms with Gasteiger partial charge in [-0.2, -0.15) is 0 Å². The molecule has 5 heteroatoms. The van der Waals surface area contributed by atoms with Gasteiger partial charge in [0.1, 0.15) is 6.61 Å². The van der Waals surface area contributed by atoms with Crippen LogP contribution in [-0.4, -0.2) is 19.0 Å². The molecule has 4 nitrogen and oxygen atoms in total. The average Bonchev–Trinajstić information content (AvgIpc) is 3.23. The van der Waals surface area contributed by atoms with Crippen molar-refractivity contribution in [2.75, 3.05) is 6.61 Å². The largest absolute Gasteiger partial charge is 0.449 e. The molecule has 0 aromatic heterocycles. The third-order valence-electron chi connectivity index (χ3n) is 6.70. The normalized spacial score (nSPS) is 12.1. The zero-order chi connectivity index (χ0) is 25.1. The molecule has 0 atom stereocenters. The smallest absolute Gasteiger partial charge is 0.407 e.